The highest BCUT2D eigenvalue weighted by atomic mass is 16.5. The molecule has 0 aromatic carbocycles. The van der Waals surface area contributed by atoms with Crippen LogP contribution in [0.4, 0.5) is 0 Å². The molecule has 7 heteroatoms. The van der Waals surface area contributed by atoms with E-state index in [2.05, 4.69) is 33.7 Å². The molecule has 0 aliphatic carbocycles. The topological polar surface area (TPSA) is 66.7 Å². The molecule has 2 fully saturated rings. The van der Waals surface area contributed by atoms with E-state index in [4.69, 9.17) is 4.74 Å². The average Bonchev–Trinajstić information content (AvgIpc) is 3.11. The number of rotatable bonds is 6. The molecule has 0 bridgehead atoms. The fourth-order valence-corrected chi connectivity index (χ4v) is 3.95. The Kier molecular flexibility index (Phi) is 5.63. The lowest BCUT2D eigenvalue weighted by Crippen LogP contribution is -2.50. The number of nitrogens with zero attached hydrogens (tertiary/aromatic N) is 5. The van der Waals surface area contributed by atoms with Gasteiger partial charge in [-0.05, 0) is 33.2 Å². The molecular weight excluding hydrogens is 294 g/mol. The lowest BCUT2D eigenvalue weighted by molar-refractivity contribution is -0.0782. The summed E-state index contributed by atoms with van der Waals surface area (Å²) in [7, 11) is 0. The normalized spacial score (nSPS) is 31.5. The number of aromatic nitrogens is 3. The molecule has 1 aromatic rings. The van der Waals surface area contributed by atoms with Crippen LogP contribution in [0.5, 0.6) is 0 Å². The third-order valence-corrected chi connectivity index (χ3v) is 4.77. The van der Waals surface area contributed by atoms with E-state index in [1.165, 1.54) is 6.42 Å². The Morgan fingerprint density at radius 2 is 2.04 bits per heavy atom. The zero-order valence-electron chi connectivity index (χ0n) is 14.2. The largest absolute Gasteiger partial charge is 0.390 e. The van der Waals surface area contributed by atoms with Crippen LogP contribution < -0.4 is 0 Å². The van der Waals surface area contributed by atoms with E-state index < -0.39 is 0 Å². The zero-order chi connectivity index (χ0) is 16.2. The third kappa shape index (κ3) is 4.73. The molecule has 4 unspecified atom stereocenters. The van der Waals surface area contributed by atoms with Gasteiger partial charge in [-0.25, -0.2) is 4.98 Å². The van der Waals surface area contributed by atoms with Gasteiger partial charge in [0, 0.05) is 32.2 Å². The zero-order valence-corrected chi connectivity index (χ0v) is 14.2. The van der Waals surface area contributed by atoms with Gasteiger partial charge in [-0.2, -0.15) is 5.10 Å². The molecule has 1 N–H and O–H groups in total. The Labute approximate surface area is 138 Å². The van der Waals surface area contributed by atoms with Crippen LogP contribution in [0, 0.1) is 0 Å². The first-order valence-corrected chi connectivity index (χ1v) is 8.72. The number of likely N-dealkylation sites (tertiary alicyclic amines) is 1. The minimum Gasteiger partial charge on any atom is -0.390 e. The van der Waals surface area contributed by atoms with Gasteiger partial charge in [0.1, 0.15) is 12.7 Å². The molecule has 3 rings (SSSR count). The number of hydrogen-bond acceptors (Lipinski definition) is 6. The Bertz CT molecular complexity index is 459. The van der Waals surface area contributed by atoms with Crippen molar-refractivity contribution in [1.29, 1.82) is 0 Å². The van der Waals surface area contributed by atoms with E-state index in [1.54, 1.807) is 12.7 Å². The molecular formula is C16H29N5O2. The summed E-state index contributed by atoms with van der Waals surface area (Å²) >= 11 is 0. The van der Waals surface area contributed by atoms with E-state index in [1.807, 2.05) is 4.68 Å². The van der Waals surface area contributed by atoms with E-state index in [-0.39, 0.29) is 18.3 Å². The number of morpholine rings is 1. The fraction of sp³-hybridized carbons (Fsp3) is 0.875. The van der Waals surface area contributed by atoms with Crippen molar-refractivity contribution in [1.82, 2.24) is 24.6 Å². The highest BCUT2D eigenvalue weighted by Crippen LogP contribution is 2.19. The summed E-state index contributed by atoms with van der Waals surface area (Å²) in [6, 6.07) is 0.453. The number of hydrogen-bond donors (Lipinski definition) is 1. The summed E-state index contributed by atoms with van der Waals surface area (Å²) in [6.07, 6.45) is 5.88. The van der Waals surface area contributed by atoms with Gasteiger partial charge in [-0.15, -0.1) is 0 Å². The van der Waals surface area contributed by atoms with Crippen LogP contribution >= 0.6 is 0 Å². The molecule has 2 aliphatic heterocycles. The summed E-state index contributed by atoms with van der Waals surface area (Å²) in [6.45, 7) is 9.40. The quantitative estimate of drug-likeness (QED) is 0.807. The number of aliphatic hydroxyl groups excluding tert-OH is 1. The van der Waals surface area contributed by atoms with Crippen LogP contribution in [0.25, 0.3) is 0 Å². The Morgan fingerprint density at radius 1 is 1.26 bits per heavy atom. The predicted molar refractivity (Wildman–Crippen MR) is 87.1 cm³/mol. The summed E-state index contributed by atoms with van der Waals surface area (Å²) in [5.41, 5.74) is 0. The van der Waals surface area contributed by atoms with Crippen LogP contribution in [0.15, 0.2) is 12.7 Å². The van der Waals surface area contributed by atoms with Crippen LogP contribution in [-0.2, 0) is 11.3 Å². The van der Waals surface area contributed by atoms with Crippen LogP contribution in [-0.4, -0.2) is 86.7 Å². The molecule has 1 aromatic heterocycles. The molecule has 0 spiro atoms. The Balaban J connectivity index is 1.47. The van der Waals surface area contributed by atoms with Crippen molar-refractivity contribution in [3.63, 3.8) is 0 Å². The van der Waals surface area contributed by atoms with Gasteiger partial charge in [0.25, 0.3) is 0 Å². The Hall–Kier alpha value is -1.02. The van der Waals surface area contributed by atoms with Gasteiger partial charge in [0.2, 0.25) is 0 Å². The molecule has 130 valence electrons. The van der Waals surface area contributed by atoms with Gasteiger partial charge >= 0.3 is 0 Å². The van der Waals surface area contributed by atoms with Crippen LogP contribution in [0.1, 0.15) is 26.7 Å². The van der Waals surface area contributed by atoms with E-state index in [0.717, 1.165) is 45.7 Å². The summed E-state index contributed by atoms with van der Waals surface area (Å²) in [5, 5.41) is 14.7. The number of aliphatic hydroxyl groups is 1. The predicted octanol–water partition coefficient (Wildman–Crippen LogP) is 0.213. The minimum atomic E-state index is -0.316. The first kappa shape index (κ1) is 16.8. The lowest BCUT2D eigenvalue weighted by atomic mass is 10.2. The van der Waals surface area contributed by atoms with Crippen molar-refractivity contribution in [2.45, 2.75) is 57.6 Å². The molecule has 7 nitrogen and oxygen atoms in total. The number of β-amino-alcohol motifs (C(OH)–C–C–N with tert-alkyl or cyclic N) is 1. The van der Waals surface area contributed by atoms with E-state index >= 15 is 0 Å². The van der Waals surface area contributed by atoms with E-state index in [0.29, 0.717) is 6.04 Å². The van der Waals surface area contributed by atoms with Gasteiger partial charge in [0.15, 0.2) is 0 Å². The monoisotopic (exact) mass is 323 g/mol. The molecule has 0 amide bonds. The van der Waals surface area contributed by atoms with Crippen LogP contribution in [0.3, 0.4) is 0 Å². The standard InChI is InChI=1S/C16H29N5O2/c1-13-6-19(7-14(2)23-13)9-16(22)10-20-5-3-4-15(20)8-21-12-17-11-18-21/h11-16,22H,3-10H2,1-2H3. The molecule has 0 radical (unpaired) electrons. The smallest absolute Gasteiger partial charge is 0.137 e. The molecule has 2 saturated heterocycles. The molecule has 0 saturated carbocycles. The third-order valence-electron chi connectivity index (χ3n) is 4.77. The van der Waals surface area contributed by atoms with Gasteiger partial charge < -0.3 is 9.84 Å². The highest BCUT2D eigenvalue weighted by Gasteiger charge is 2.29. The fourth-order valence-electron chi connectivity index (χ4n) is 3.95. The number of ether oxygens (including phenoxy) is 1. The molecule has 3 heterocycles. The van der Waals surface area contributed by atoms with Crippen molar-refractivity contribution in [2.75, 3.05) is 32.7 Å². The van der Waals surface area contributed by atoms with Crippen molar-refractivity contribution in [3.05, 3.63) is 12.7 Å². The first-order valence-electron chi connectivity index (χ1n) is 8.72. The molecule has 2 aliphatic rings. The molecule has 23 heavy (non-hydrogen) atoms. The van der Waals surface area contributed by atoms with Crippen molar-refractivity contribution in [2.24, 2.45) is 0 Å². The summed E-state index contributed by atoms with van der Waals surface area (Å²) < 4.78 is 7.65. The van der Waals surface area contributed by atoms with Crippen molar-refractivity contribution >= 4 is 0 Å². The lowest BCUT2D eigenvalue weighted by Gasteiger charge is -2.37. The van der Waals surface area contributed by atoms with Gasteiger partial charge in [-0.1, -0.05) is 0 Å². The van der Waals surface area contributed by atoms with Gasteiger partial charge in [0.05, 0.1) is 24.9 Å². The van der Waals surface area contributed by atoms with Crippen molar-refractivity contribution < 1.29 is 9.84 Å². The second kappa shape index (κ2) is 7.70. The van der Waals surface area contributed by atoms with Crippen molar-refractivity contribution in [3.8, 4) is 0 Å². The van der Waals surface area contributed by atoms with E-state index in [9.17, 15) is 5.11 Å². The second-order valence-electron chi connectivity index (χ2n) is 7.04. The first-order chi connectivity index (χ1) is 11.1. The second-order valence-corrected chi connectivity index (χ2v) is 7.04. The SMILES string of the molecule is CC1CN(CC(O)CN2CCCC2Cn2cncn2)CC(C)O1. The van der Waals surface area contributed by atoms with Crippen LogP contribution in [0.2, 0.25) is 0 Å². The maximum atomic E-state index is 10.5. The maximum absolute atomic E-state index is 10.5. The summed E-state index contributed by atoms with van der Waals surface area (Å²) in [4.78, 5) is 8.73. The molecule has 4 atom stereocenters. The average molecular weight is 323 g/mol. The Morgan fingerprint density at radius 3 is 2.74 bits per heavy atom. The minimum absolute atomic E-state index is 0.248. The maximum Gasteiger partial charge on any atom is 0.137 e. The summed E-state index contributed by atoms with van der Waals surface area (Å²) in [5.74, 6) is 0. The van der Waals surface area contributed by atoms with Gasteiger partial charge in [-0.3, -0.25) is 14.5 Å². The highest BCUT2D eigenvalue weighted by molar-refractivity contribution is 4.83.